The van der Waals surface area contributed by atoms with Gasteiger partial charge in [0.25, 0.3) is 5.78 Å². The van der Waals surface area contributed by atoms with Gasteiger partial charge in [-0.25, -0.2) is 9.50 Å². The minimum atomic E-state index is -0.121. The maximum Gasteiger partial charge on any atom is 0.253 e. The normalized spacial score (nSPS) is 10.8. The van der Waals surface area contributed by atoms with E-state index in [1.54, 1.807) is 57.2 Å². The minimum absolute atomic E-state index is 0.121. The van der Waals surface area contributed by atoms with Crippen LogP contribution in [0.25, 0.3) is 17.2 Å². The van der Waals surface area contributed by atoms with Gasteiger partial charge >= 0.3 is 0 Å². The molecule has 10 nitrogen and oxygen atoms in total. The highest BCUT2D eigenvalue weighted by Crippen LogP contribution is 2.30. The summed E-state index contributed by atoms with van der Waals surface area (Å²) in [6.45, 7) is 3.87. The van der Waals surface area contributed by atoms with Crippen molar-refractivity contribution in [2.45, 2.75) is 26.7 Å². The molecule has 0 saturated carbocycles. The maximum atomic E-state index is 12.7. The number of aromatic nitrogens is 4. The number of ether oxygens (including phenoxy) is 4. The lowest BCUT2D eigenvalue weighted by molar-refractivity contribution is -0.116. The monoisotopic (exact) mass is 491 g/mol. The molecule has 0 aliphatic heterocycles. The van der Waals surface area contributed by atoms with E-state index in [1.165, 1.54) is 0 Å². The number of fused-ring (bicyclic) bond motifs is 1. The van der Waals surface area contributed by atoms with Crippen molar-refractivity contribution < 1.29 is 23.7 Å². The summed E-state index contributed by atoms with van der Waals surface area (Å²) in [5.74, 6) is 3.30. The zero-order valence-corrected chi connectivity index (χ0v) is 21.2. The summed E-state index contributed by atoms with van der Waals surface area (Å²) in [7, 11) is 6.31. The van der Waals surface area contributed by atoms with E-state index in [2.05, 4.69) is 20.4 Å². The van der Waals surface area contributed by atoms with Gasteiger partial charge in [0.1, 0.15) is 11.5 Å². The molecular weight excluding hydrogens is 462 g/mol. The fourth-order valence-corrected chi connectivity index (χ4v) is 4.00. The largest absolute Gasteiger partial charge is 0.497 e. The molecule has 1 amide bonds. The van der Waals surface area contributed by atoms with Crippen molar-refractivity contribution in [1.82, 2.24) is 19.6 Å². The van der Waals surface area contributed by atoms with Crippen molar-refractivity contribution in [3.8, 4) is 34.4 Å². The van der Waals surface area contributed by atoms with Crippen LogP contribution in [0.4, 0.5) is 5.69 Å². The second-order valence-electron chi connectivity index (χ2n) is 8.13. The highest BCUT2D eigenvalue weighted by atomic mass is 16.5. The average molecular weight is 492 g/mol. The maximum absolute atomic E-state index is 12.7. The van der Waals surface area contributed by atoms with E-state index in [0.29, 0.717) is 46.7 Å². The minimum Gasteiger partial charge on any atom is -0.497 e. The van der Waals surface area contributed by atoms with Crippen LogP contribution in [0.2, 0.25) is 0 Å². The van der Waals surface area contributed by atoms with Crippen molar-refractivity contribution >= 4 is 17.4 Å². The molecule has 0 bridgehead atoms. The van der Waals surface area contributed by atoms with Crippen LogP contribution in [0, 0.1) is 13.8 Å². The number of amides is 1. The van der Waals surface area contributed by atoms with E-state index in [-0.39, 0.29) is 12.3 Å². The molecule has 1 N–H and O–H groups in total. The Morgan fingerprint density at radius 3 is 2.22 bits per heavy atom. The van der Waals surface area contributed by atoms with Crippen LogP contribution in [0.3, 0.4) is 0 Å². The fourth-order valence-electron chi connectivity index (χ4n) is 4.00. The molecule has 0 aliphatic carbocycles. The molecule has 0 unspecified atom stereocenters. The summed E-state index contributed by atoms with van der Waals surface area (Å²) < 4.78 is 23.0. The lowest BCUT2D eigenvalue weighted by Crippen LogP contribution is -2.14. The van der Waals surface area contributed by atoms with Gasteiger partial charge in [-0.3, -0.25) is 4.79 Å². The zero-order chi connectivity index (χ0) is 25.8. The SMILES string of the molecule is COc1cc(OC)cc(-c2nc3nc(C)c(CCC(=O)Nc4ccc(OC)c(OC)c4)c(C)n3n2)c1. The highest BCUT2D eigenvalue weighted by Gasteiger charge is 2.17. The van der Waals surface area contributed by atoms with Crippen LogP contribution in [-0.2, 0) is 11.2 Å². The van der Waals surface area contributed by atoms with Crippen LogP contribution in [0.5, 0.6) is 23.0 Å². The summed E-state index contributed by atoms with van der Waals surface area (Å²) in [5, 5.41) is 7.58. The number of hydrogen-bond acceptors (Lipinski definition) is 8. The van der Waals surface area contributed by atoms with E-state index >= 15 is 0 Å². The van der Waals surface area contributed by atoms with Gasteiger partial charge in [0.2, 0.25) is 5.91 Å². The third kappa shape index (κ3) is 5.02. The molecule has 2 aromatic carbocycles. The molecule has 188 valence electrons. The second kappa shape index (κ2) is 10.5. The molecule has 0 saturated heterocycles. The lowest BCUT2D eigenvalue weighted by Gasteiger charge is -2.12. The Hall–Kier alpha value is -4.34. The van der Waals surface area contributed by atoms with E-state index in [9.17, 15) is 4.79 Å². The third-order valence-corrected chi connectivity index (χ3v) is 5.93. The van der Waals surface area contributed by atoms with Gasteiger partial charge in [-0.1, -0.05) is 0 Å². The van der Waals surface area contributed by atoms with Gasteiger partial charge in [0.15, 0.2) is 17.3 Å². The van der Waals surface area contributed by atoms with Gasteiger partial charge < -0.3 is 24.3 Å². The first kappa shape index (κ1) is 24.8. The first-order valence-electron chi connectivity index (χ1n) is 11.3. The highest BCUT2D eigenvalue weighted by molar-refractivity contribution is 5.91. The predicted octanol–water partition coefficient (Wildman–Crippen LogP) is 4.01. The first-order chi connectivity index (χ1) is 17.4. The number of carbonyl (C=O) groups excluding carboxylic acids is 1. The van der Waals surface area contributed by atoms with Crippen LogP contribution in [-0.4, -0.2) is 53.9 Å². The number of nitrogens with zero attached hydrogens (tertiary/aromatic N) is 4. The van der Waals surface area contributed by atoms with E-state index in [4.69, 9.17) is 18.9 Å². The Morgan fingerprint density at radius 1 is 0.889 bits per heavy atom. The molecule has 0 radical (unpaired) electrons. The molecule has 0 atom stereocenters. The van der Waals surface area contributed by atoms with Gasteiger partial charge in [-0.05, 0) is 50.1 Å². The number of carbonyl (C=O) groups is 1. The van der Waals surface area contributed by atoms with Crippen molar-refractivity contribution in [1.29, 1.82) is 0 Å². The number of rotatable bonds is 9. The quantitative estimate of drug-likeness (QED) is 0.374. The van der Waals surface area contributed by atoms with Crippen molar-refractivity contribution in [3.05, 3.63) is 53.3 Å². The smallest absolute Gasteiger partial charge is 0.253 e. The van der Waals surface area contributed by atoms with E-state index in [0.717, 1.165) is 22.5 Å². The predicted molar refractivity (Wildman–Crippen MR) is 135 cm³/mol. The second-order valence-corrected chi connectivity index (χ2v) is 8.13. The summed E-state index contributed by atoms with van der Waals surface area (Å²) in [4.78, 5) is 21.9. The molecule has 4 rings (SSSR count). The molecule has 0 spiro atoms. The standard InChI is InChI=1S/C26H29N5O5/c1-15-21(8-10-24(32)28-18-7-9-22(35-5)23(13-18)36-6)16(2)31-26(27-15)29-25(30-31)17-11-19(33-3)14-20(12-17)34-4/h7,9,11-14H,8,10H2,1-6H3,(H,28,32). The summed E-state index contributed by atoms with van der Waals surface area (Å²) in [6.07, 6.45) is 0.778. The van der Waals surface area contributed by atoms with Crippen LogP contribution >= 0.6 is 0 Å². The molecule has 0 fully saturated rings. The van der Waals surface area contributed by atoms with E-state index in [1.807, 2.05) is 26.0 Å². The van der Waals surface area contributed by atoms with Gasteiger partial charge in [0.05, 0.1) is 28.4 Å². The Balaban J connectivity index is 1.55. The number of aryl methyl sites for hydroxylation is 2. The molecule has 36 heavy (non-hydrogen) atoms. The molecule has 4 aromatic rings. The van der Waals surface area contributed by atoms with Gasteiger partial charge in [-0.15, -0.1) is 5.10 Å². The topological polar surface area (TPSA) is 109 Å². The molecule has 10 heteroatoms. The number of benzene rings is 2. The number of methoxy groups -OCH3 is 4. The van der Waals surface area contributed by atoms with Crippen molar-refractivity contribution in [3.63, 3.8) is 0 Å². The summed E-state index contributed by atoms with van der Waals surface area (Å²) in [5.41, 5.74) is 4.02. The van der Waals surface area contributed by atoms with Crippen molar-refractivity contribution in [2.75, 3.05) is 33.8 Å². The van der Waals surface area contributed by atoms with Crippen LogP contribution in [0.1, 0.15) is 23.4 Å². The summed E-state index contributed by atoms with van der Waals surface area (Å²) in [6, 6.07) is 10.7. The van der Waals surface area contributed by atoms with Crippen LogP contribution in [0.15, 0.2) is 36.4 Å². The zero-order valence-electron chi connectivity index (χ0n) is 21.2. The average Bonchev–Trinajstić information content (AvgIpc) is 3.32. The summed E-state index contributed by atoms with van der Waals surface area (Å²) >= 11 is 0. The Labute approximate surface area is 209 Å². The fraction of sp³-hybridized carbons (Fsp3) is 0.308. The Morgan fingerprint density at radius 2 is 1.58 bits per heavy atom. The van der Waals surface area contributed by atoms with Crippen molar-refractivity contribution in [2.24, 2.45) is 0 Å². The Kier molecular flexibility index (Phi) is 7.23. The lowest BCUT2D eigenvalue weighted by atomic mass is 10.1. The first-order valence-corrected chi connectivity index (χ1v) is 11.3. The molecule has 2 aromatic heterocycles. The number of anilines is 1. The molecular formula is C26H29N5O5. The molecule has 2 heterocycles. The van der Waals surface area contributed by atoms with Gasteiger partial charge in [0, 0.05) is 41.2 Å². The third-order valence-electron chi connectivity index (χ3n) is 5.93. The number of hydrogen-bond donors (Lipinski definition) is 1. The Bertz CT molecular complexity index is 1390. The van der Waals surface area contributed by atoms with Gasteiger partial charge in [-0.2, -0.15) is 4.98 Å². The molecule has 0 aliphatic rings. The van der Waals surface area contributed by atoms with Crippen LogP contribution < -0.4 is 24.3 Å². The van der Waals surface area contributed by atoms with E-state index < -0.39 is 0 Å². The number of nitrogens with one attached hydrogen (secondary N) is 1.